The summed E-state index contributed by atoms with van der Waals surface area (Å²) in [6.45, 7) is 4.80. The summed E-state index contributed by atoms with van der Waals surface area (Å²) in [5.41, 5.74) is 2.20. The molecule has 0 unspecified atom stereocenters. The molecular formula is C26H25F2N5O2. The standard InChI is InChI=1S/C26H25F2N5O2/c1-15-5-3-10-33(21(15)14-31-26-32-20-13-17(27)6-7-22(20)35-26)25(34)23-16(2)11-18(28)12-19(23)24-29-8-4-9-30-24/h4,6-9,11-13,15,21H,3,5,10,14H2,1-2H3,(H,31,32)/t15-,21-/m1/s1. The highest BCUT2D eigenvalue weighted by molar-refractivity contribution is 6.01. The van der Waals surface area contributed by atoms with Crippen LogP contribution in [0.3, 0.4) is 0 Å². The maximum absolute atomic E-state index is 14.3. The Morgan fingerprint density at radius 3 is 2.77 bits per heavy atom. The maximum Gasteiger partial charge on any atom is 0.295 e. The molecule has 1 aliphatic heterocycles. The van der Waals surface area contributed by atoms with Crippen LogP contribution in [0.25, 0.3) is 22.5 Å². The quantitative estimate of drug-likeness (QED) is 0.424. The summed E-state index contributed by atoms with van der Waals surface area (Å²) in [4.78, 5) is 28.5. The van der Waals surface area contributed by atoms with E-state index in [0.717, 1.165) is 12.8 Å². The predicted octanol–water partition coefficient (Wildman–Crippen LogP) is 5.22. The van der Waals surface area contributed by atoms with E-state index in [1.165, 1.54) is 30.3 Å². The van der Waals surface area contributed by atoms with E-state index < -0.39 is 5.82 Å². The summed E-state index contributed by atoms with van der Waals surface area (Å²) < 4.78 is 33.5. The van der Waals surface area contributed by atoms with E-state index in [1.54, 1.807) is 25.4 Å². The summed E-state index contributed by atoms with van der Waals surface area (Å²) in [6, 6.07) is 8.63. The van der Waals surface area contributed by atoms with Crippen molar-refractivity contribution in [3.63, 3.8) is 0 Å². The third kappa shape index (κ3) is 4.58. The molecule has 0 saturated carbocycles. The van der Waals surface area contributed by atoms with Gasteiger partial charge in [-0.25, -0.2) is 18.7 Å². The number of rotatable bonds is 5. The van der Waals surface area contributed by atoms with Gasteiger partial charge in [0.25, 0.3) is 11.9 Å². The lowest BCUT2D eigenvalue weighted by molar-refractivity contribution is 0.0539. The van der Waals surface area contributed by atoms with Crippen molar-refractivity contribution < 1.29 is 18.0 Å². The van der Waals surface area contributed by atoms with Gasteiger partial charge in [-0.3, -0.25) is 4.79 Å². The number of carbonyl (C=O) groups excluding carboxylic acids is 1. The molecule has 2 atom stereocenters. The molecule has 2 aromatic carbocycles. The van der Waals surface area contributed by atoms with E-state index in [1.807, 2.05) is 4.90 Å². The SMILES string of the molecule is Cc1cc(F)cc(-c2ncccn2)c1C(=O)N1CCC[C@@H](C)[C@H]1CNc1nc2cc(F)ccc2o1. The van der Waals surface area contributed by atoms with Crippen molar-refractivity contribution in [2.45, 2.75) is 32.7 Å². The lowest BCUT2D eigenvalue weighted by atomic mass is 9.89. The first kappa shape index (κ1) is 22.9. The number of piperidine rings is 1. The zero-order valence-electron chi connectivity index (χ0n) is 19.5. The van der Waals surface area contributed by atoms with Crippen LogP contribution in [-0.4, -0.2) is 44.9 Å². The van der Waals surface area contributed by atoms with E-state index in [0.29, 0.717) is 46.7 Å². The van der Waals surface area contributed by atoms with Crippen molar-refractivity contribution in [2.75, 3.05) is 18.4 Å². The predicted molar refractivity (Wildman–Crippen MR) is 128 cm³/mol. The highest BCUT2D eigenvalue weighted by Gasteiger charge is 2.34. The first-order valence-corrected chi connectivity index (χ1v) is 11.6. The Hall–Kier alpha value is -3.88. The van der Waals surface area contributed by atoms with Crippen LogP contribution in [0, 0.1) is 24.5 Å². The number of hydrogen-bond acceptors (Lipinski definition) is 6. The number of anilines is 1. The van der Waals surface area contributed by atoms with E-state index in [-0.39, 0.29) is 29.7 Å². The summed E-state index contributed by atoms with van der Waals surface area (Å²) in [5, 5.41) is 3.18. The molecule has 1 fully saturated rings. The first-order chi connectivity index (χ1) is 16.9. The molecule has 0 aliphatic carbocycles. The minimum absolute atomic E-state index is 0.156. The van der Waals surface area contributed by atoms with Crippen LogP contribution in [0.4, 0.5) is 14.8 Å². The molecule has 35 heavy (non-hydrogen) atoms. The number of fused-ring (bicyclic) bond motifs is 1. The molecule has 1 N–H and O–H groups in total. The first-order valence-electron chi connectivity index (χ1n) is 11.6. The number of likely N-dealkylation sites (tertiary alicyclic amines) is 1. The van der Waals surface area contributed by atoms with E-state index in [2.05, 4.69) is 27.2 Å². The second-order valence-corrected chi connectivity index (χ2v) is 8.92. The Bertz CT molecular complexity index is 1380. The molecular weight excluding hydrogens is 452 g/mol. The number of amides is 1. The Kier molecular flexibility index (Phi) is 6.15. The molecule has 7 nitrogen and oxygen atoms in total. The molecule has 0 spiro atoms. The molecule has 1 amide bonds. The number of nitrogens with one attached hydrogen (secondary N) is 1. The number of hydrogen-bond donors (Lipinski definition) is 1. The van der Waals surface area contributed by atoms with Gasteiger partial charge < -0.3 is 14.6 Å². The molecule has 3 heterocycles. The second kappa shape index (κ2) is 9.40. The van der Waals surface area contributed by atoms with Crippen LogP contribution >= 0.6 is 0 Å². The molecule has 0 bridgehead atoms. The lowest BCUT2D eigenvalue weighted by Gasteiger charge is -2.40. The third-order valence-electron chi connectivity index (χ3n) is 6.51. The Labute approximate surface area is 201 Å². The average molecular weight is 478 g/mol. The Morgan fingerprint density at radius 1 is 1.17 bits per heavy atom. The van der Waals surface area contributed by atoms with E-state index in [4.69, 9.17) is 4.42 Å². The Balaban J connectivity index is 1.44. The van der Waals surface area contributed by atoms with Crippen molar-refractivity contribution in [3.05, 3.63) is 71.6 Å². The maximum atomic E-state index is 14.3. The highest BCUT2D eigenvalue weighted by Crippen LogP contribution is 2.31. The molecule has 4 aromatic rings. The van der Waals surface area contributed by atoms with Crippen LogP contribution in [0.1, 0.15) is 35.7 Å². The number of carbonyl (C=O) groups is 1. The number of aromatic nitrogens is 3. The van der Waals surface area contributed by atoms with Crippen molar-refractivity contribution in [1.82, 2.24) is 19.9 Å². The summed E-state index contributed by atoms with van der Waals surface area (Å²) >= 11 is 0. The third-order valence-corrected chi connectivity index (χ3v) is 6.51. The largest absolute Gasteiger partial charge is 0.424 e. The highest BCUT2D eigenvalue weighted by atomic mass is 19.1. The normalized spacial score (nSPS) is 18.1. The Morgan fingerprint density at radius 2 is 1.97 bits per heavy atom. The van der Waals surface area contributed by atoms with Gasteiger partial charge in [0.1, 0.15) is 17.2 Å². The zero-order valence-corrected chi connectivity index (χ0v) is 19.5. The number of benzene rings is 2. The van der Waals surface area contributed by atoms with Gasteiger partial charge in [0.15, 0.2) is 11.4 Å². The lowest BCUT2D eigenvalue weighted by Crippen LogP contribution is -2.51. The van der Waals surface area contributed by atoms with Gasteiger partial charge in [-0.1, -0.05) is 6.92 Å². The van der Waals surface area contributed by atoms with Crippen LogP contribution in [-0.2, 0) is 0 Å². The van der Waals surface area contributed by atoms with Gasteiger partial charge in [-0.05, 0) is 61.6 Å². The molecule has 1 aliphatic rings. The van der Waals surface area contributed by atoms with Gasteiger partial charge in [0.2, 0.25) is 0 Å². The number of halogens is 2. The summed E-state index contributed by atoms with van der Waals surface area (Å²) in [7, 11) is 0. The smallest absolute Gasteiger partial charge is 0.295 e. The summed E-state index contributed by atoms with van der Waals surface area (Å²) in [6.07, 6.45) is 4.96. The fraction of sp³-hybridized carbons (Fsp3) is 0.308. The minimum atomic E-state index is -0.445. The van der Waals surface area contributed by atoms with Crippen LogP contribution in [0.5, 0.6) is 0 Å². The van der Waals surface area contributed by atoms with Crippen molar-refractivity contribution in [1.29, 1.82) is 0 Å². The van der Waals surface area contributed by atoms with Gasteiger partial charge in [0.05, 0.1) is 11.6 Å². The monoisotopic (exact) mass is 477 g/mol. The zero-order chi connectivity index (χ0) is 24.5. The van der Waals surface area contributed by atoms with Crippen LogP contribution < -0.4 is 5.32 Å². The number of nitrogens with zero attached hydrogens (tertiary/aromatic N) is 4. The van der Waals surface area contributed by atoms with Gasteiger partial charge >= 0.3 is 0 Å². The van der Waals surface area contributed by atoms with Gasteiger partial charge in [-0.15, -0.1) is 0 Å². The van der Waals surface area contributed by atoms with Crippen LogP contribution in [0.15, 0.2) is 53.2 Å². The molecule has 5 rings (SSSR count). The van der Waals surface area contributed by atoms with Gasteiger partial charge in [-0.2, -0.15) is 4.98 Å². The molecule has 9 heteroatoms. The van der Waals surface area contributed by atoms with E-state index in [9.17, 15) is 13.6 Å². The molecule has 2 aromatic heterocycles. The number of oxazole rings is 1. The topological polar surface area (TPSA) is 84.2 Å². The number of aryl methyl sites for hydroxylation is 1. The van der Waals surface area contributed by atoms with Crippen LogP contribution in [0.2, 0.25) is 0 Å². The van der Waals surface area contributed by atoms with Crippen molar-refractivity contribution >= 4 is 23.0 Å². The molecule has 0 radical (unpaired) electrons. The van der Waals surface area contributed by atoms with E-state index >= 15 is 0 Å². The molecule has 1 saturated heterocycles. The average Bonchev–Trinajstić information content (AvgIpc) is 3.25. The second-order valence-electron chi connectivity index (χ2n) is 8.92. The fourth-order valence-corrected chi connectivity index (χ4v) is 4.77. The molecule has 180 valence electrons. The van der Waals surface area contributed by atoms with Crippen molar-refractivity contribution in [2.24, 2.45) is 5.92 Å². The fourth-order valence-electron chi connectivity index (χ4n) is 4.77. The van der Waals surface area contributed by atoms with Gasteiger partial charge in [0, 0.05) is 37.1 Å². The minimum Gasteiger partial charge on any atom is -0.424 e. The summed E-state index contributed by atoms with van der Waals surface area (Å²) in [5.74, 6) is -0.513. The van der Waals surface area contributed by atoms with Crippen molar-refractivity contribution in [3.8, 4) is 11.4 Å².